The summed E-state index contributed by atoms with van der Waals surface area (Å²) < 4.78 is 10.4. The molecule has 0 aromatic heterocycles. The number of ether oxygens (including phenoxy) is 2. The molecule has 3 aliphatic carbocycles. The number of halogens is 1. The van der Waals surface area contributed by atoms with Gasteiger partial charge in [0.05, 0.1) is 35.9 Å². The summed E-state index contributed by atoms with van der Waals surface area (Å²) in [6.45, 7) is 5.09. The number of phenols is 1. The fourth-order valence-electron chi connectivity index (χ4n) is 7.15. The van der Waals surface area contributed by atoms with Crippen molar-refractivity contribution in [3.05, 3.63) is 45.0 Å². The lowest BCUT2D eigenvalue weighted by Crippen LogP contribution is -2.55. The maximum absolute atomic E-state index is 14.0. The van der Waals surface area contributed by atoms with E-state index in [-0.39, 0.29) is 35.9 Å². The average Bonchev–Trinajstić information content (AvgIpc) is 3.16. The molecule has 2 fully saturated rings. The van der Waals surface area contributed by atoms with Gasteiger partial charge in [-0.2, -0.15) is 4.90 Å². The molecular weight excluding hydrogens is 558 g/mol. The number of phenolic OH excluding ortho intramolecular Hbond substituents is 1. The first-order valence-corrected chi connectivity index (χ1v) is 13.2. The molecule has 0 radical (unpaired) electrons. The Kier molecular flexibility index (Phi) is 6.17. The molecule has 200 valence electrons. The highest BCUT2D eigenvalue weighted by Gasteiger charge is 2.64. The molecule has 6 atom stereocenters. The number of imide groups is 3. The molecule has 1 heterocycles. The fourth-order valence-corrected chi connectivity index (χ4v) is 7.61. The van der Waals surface area contributed by atoms with E-state index in [1.807, 2.05) is 6.08 Å². The number of allylic oxidation sites excluding steroid dienone is 4. The van der Waals surface area contributed by atoms with Crippen molar-refractivity contribution in [2.75, 3.05) is 14.2 Å². The van der Waals surface area contributed by atoms with Gasteiger partial charge in [0, 0.05) is 11.8 Å². The van der Waals surface area contributed by atoms with Crippen molar-refractivity contribution in [3.8, 4) is 11.5 Å². The van der Waals surface area contributed by atoms with Crippen molar-refractivity contribution in [2.24, 2.45) is 29.1 Å². The molecule has 5 rings (SSSR count). The number of fused-ring (bicyclic) bond motifs is 4. The van der Waals surface area contributed by atoms with Gasteiger partial charge in [0.25, 0.3) is 0 Å². The van der Waals surface area contributed by atoms with Gasteiger partial charge in [-0.15, -0.1) is 0 Å². The van der Waals surface area contributed by atoms with Gasteiger partial charge in [0.1, 0.15) is 0 Å². The summed E-state index contributed by atoms with van der Waals surface area (Å²) in [5.74, 6) is -5.05. The average molecular weight is 586 g/mol. The van der Waals surface area contributed by atoms with E-state index in [2.05, 4.69) is 15.9 Å². The fraction of sp³-hybridized carbons (Fsp3) is 0.464. The number of carbonyl (C=O) groups is 5. The molecular formula is C28H28BrNO8. The Morgan fingerprint density at radius 2 is 1.76 bits per heavy atom. The van der Waals surface area contributed by atoms with Gasteiger partial charge < -0.3 is 14.6 Å². The first-order chi connectivity index (χ1) is 17.9. The summed E-state index contributed by atoms with van der Waals surface area (Å²) >= 11 is 3.37. The number of methoxy groups -OCH3 is 2. The van der Waals surface area contributed by atoms with Crippen molar-refractivity contribution in [1.82, 2.24) is 4.90 Å². The molecule has 1 aliphatic heterocycles. The minimum Gasteiger partial charge on any atom is -0.503 e. The Morgan fingerprint density at radius 1 is 1.08 bits per heavy atom. The first kappa shape index (κ1) is 26.3. The van der Waals surface area contributed by atoms with E-state index in [0.29, 0.717) is 26.1 Å². The van der Waals surface area contributed by atoms with Crippen LogP contribution in [0.3, 0.4) is 0 Å². The molecule has 9 nitrogen and oxygen atoms in total. The van der Waals surface area contributed by atoms with Crippen LogP contribution >= 0.6 is 15.9 Å². The molecule has 1 aromatic rings. The number of benzene rings is 1. The second-order valence-electron chi connectivity index (χ2n) is 10.7. The molecule has 0 spiro atoms. The van der Waals surface area contributed by atoms with Crippen LogP contribution in [-0.4, -0.2) is 53.7 Å². The minimum atomic E-state index is -1.18. The molecule has 0 unspecified atom stereocenters. The van der Waals surface area contributed by atoms with Gasteiger partial charge in [-0.1, -0.05) is 18.6 Å². The van der Waals surface area contributed by atoms with Crippen molar-refractivity contribution in [2.45, 2.75) is 39.5 Å². The summed E-state index contributed by atoms with van der Waals surface area (Å²) in [5, 5.41) is 10.5. The number of likely N-dealkylation sites (tertiary alicyclic amines) is 1. The van der Waals surface area contributed by atoms with E-state index in [1.54, 1.807) is 32.9 Å². The Balaban J connectivity index is 1.74. The summed E-state index contributed by atoms with van der Waals surface area (Å²) in [5.41, 5.74) is 1.02. The second kappa shape index (κ2) is 8.90. The summed E-state index contributed by atoms with van der Waals surface area (Å²) in [6, 6.07) is 3.34. The molecule has 38 heavy (non-hydrogen) atoms. The van der Waals surface area contributed by atoms with Crippen molar-refractivity contribution < 1.29 is 38.6 Å². The highest BCUT2D eigenvalue weighted by atomic mass is 79.9. The second-order valence-corrected chi connectivity index (χ2v) is 11.5. The van der Waals surface area contributed by atoms with E-state index in [4.69, 9.17) is 9.47 Å². The number of hydrogen-bond acceptors (Lipinski definition) is 8. The third-order valence-corrected chi connectivity index (χ3v) is 9.74. The van der Waals surface area contributed by atoms with Crippen LogP contribution in [-0.2, 0) is 23.9 Å². The Hall–Kier alpha value is -3.27. The number of ketones is 2. The number of hydrogen-bond donors (Lipinski definition) is 1. The lowest BCUT2D eigenvalue weighted by atomic mass is 9.46. The summed E-state index contributed by atoms with van der Waals surface area (Å²) in [7, 11) is 2.52. The van der Waals surface area contributed by atoms with Gasteiger partial charge in [-0.05, 0) is 77.4 Å². The molecule has 1 saturated heterocycles. The normalized spacial score (nSPS) is 32.5. The third-order valence-electron chi connectivity index (χ3n) is 9.13. The zero-order valence-electron chi connectivity index (χ0n) is 21.7. The molecule has 10 heteroatoms. The molecule has 0 bridgehead atoms. The molecule has 3 amide bonds. The zero-order valence-corrected chi connectivity index (χ0v) is 23.2. The highest BCUT2D eigenvalue weighted by molar-refractivity contribution is 9.10. The van der Waals surface area contributed by atoms with E-state index >= 15 is 0 Å². The minimum absolute atomic E-state index is 0.105. The number of carbonyl (C=O) groups excluding carboxylic acids is 5. The topological polar surface area (TPSA) is 127 Å². The number of Topliss-reactive ketones (excluding diaryl/α,β-unsaturated/α-hetero) is 2. The highest BCUT2D eigenvalue weighted by Crippen LogP contribution is 2.63. The smallest absolute Gasteiger partial charge is 0.423 e. The summed E-state index contributed by atoms with van der Waals surface area (Å²) in [4.78, 5) is 67.2. The van der Waals surface area contributed by atoms with E-state index in [1.165, 1.54) is 7.11 Å². The zero-order chi connectivity index (χ0) is 27.8. The Morgan fingerprint density at radius 3 is 2.39 bits per heavy atom. The quantitative estimate of drug-likeness (QED) is 0.406. The van der Waals surface area contributed by atoms with Crippen molar-refractivity contribution in [1.29, 1.82) is 0 Å². The largest absolute Gasteiger partial charge is 0.503 e. The van der Waals surface area contributed by atoms with Crippen molar-refractivity contribution in [3.63, 3.8) is 0 Å². The van der Waals surface area contributed by atoms with Crippen LogP contribution in [0.4, 0.5) is 4.79 Å². The molecule has 1 saturated carbocycles. The third kappa shape index (κ3) is 3.31. The van der Waals surface area contributed by atoms with E-state index in [9.17, 15) is 29.1 Å². The van der Waals surface area contributed by atoms with Gasteiger partial charge in [-0.25, -0.2) is 4.79 Å². The van der Waals surface area contributed by atoms with E-state index < -0.39 is 52.9 Å². The van der Waals surface area contributed by atoms with Crippen molar-refractivity contribution >= 4 is 45.4 Å². The maximum atomic E-state index is 14.0. The number of amides is 3. The monoisotopic (exact) mass is 585 g/mol. The van der Waals surface area contributed by atoms with Crippen LogP contribution in [0.1, 0.15) is 45.1 Å². The maximum Gasteiger partial charge on any atom is 0.423 e. The predicted octanol–water partition coefficient (Wildman–Crippen LogP) is 4.08. The predicted molar refractivity (Wildman–Crippen MR) is 137 cm³/mol. The summed E-state index contributed by atoms with van der Waals surface area (Å²) in [6.07, 6.45) is 1.26. The lowest BCUT2D eigenvalue weighted by Gasteiger charge is -2.54. The molecule has 1 aromatic carbocycles. The number of rotatable bonds is 2. The Labute approximate surface area is 228 Å². The van der Waals surface area contributed by atoms with Gasteiger partial charge in [-0.3, -0.25) is 19.2 Å². The number of nitrogens with zero attached hydrogens (tertiary/aromatic N) is 1. The SMILES string of the molecule is COC(=O)N1C(=O)[C@H]2[C@H](CC=C3[C@H]2C[C@H]2C(=O)C(C)=C(C)C(=O)[C@@]2(C)[C@H]3c2cc(Br)c(O)c(OC)c2)C1=O. The van der Waals surface area contributed by atoms with Crippen LogP contribution < -0.4 is 4.74 Å². The number of aromatic hydroxyl groups is 1. The van der Waals surface area contributed by atoms with Gasteiger partial charge >= 0.3 is 6.09 Å². The van der Waals surface area contributed by atoms with E-state index in [0.717, 1.165) is 12.7 Å². The van der Waals surface area contributed by atoms with Crippen LogP contribution in [0.5, 0.6) is 11.5 Å². The Bertz CT molecular complexity index is 1390. The van der Waals surface area contributed by atoms with Crippen LogP contribution in [0.25, 0.3) is 0 Å². The van der Waals surface area contributed by atoms with Crippen LogP contribution in [0.2, 0.25) is 0 Å². The first-order valence-electron chi connectivity index (χ1n) is 12.4. The molecule has 4 aliphatic rings. The van der Waals surface area contributed by atoms with Crippen LogP contribution in [0, 0.1) is 29.1 Å². The molecule has 1 N–H and O–H groups in total. The standard InChI is InChI=1S/C28H28BrNO8/c1-11-12(2)24(33)28(3)17(22(11)31)10-16-14(21(28)13-8-18(29)23(32)19(9-13)37-4)6-7-15-20(16)26(35)30(25(15)34)27(36)38-5/h6,8-9,15-17,20-21,32H,7,10H2,1-5H3/t15-,16+,17-,20-,21-,28+/m0/s1. The van der Waals surface area contributed by atoms with Gasteiger partial charge in [0.2, 0.25) is 11.8 Å². The lowest BCUT2D eigenvalue weighted by molar-refractivity contribution is -0.142. The van der Waals surface area contributed by atoms with Crippen LogP contribution in [0.15, 0.2) is 39.4 Å². The van der Waals surface area contributed by atoms with Gasteiger partial charge in [0.15, 0.2) is 23.1 Å².